The van der Waals surface area contributed by atoms with E-state index in [4.69, 9.17) is 9.47 Å². The molecule has 2 aliphatic rings. The number of fused-ring (bicyclic) bond motifs is 2. The van der Waals surface area contributed by atoms with Crippen LogP contribution in [0, 0.1) is 0 Å². The molecule has 3 aromatic rings. The fourth-order valence-electron chi connectivity index (χ4n) is 5.63. The average Bonchev–Trinajstić information content (AvgIpc) is 3.32. The molecule has 1 fully saturated rings. The van der Waals surface area contributed by atoms with E-state index >= 15 is 0 Å². The van der Waals surface area contributed by atoms with Gasteiger partial charge in [-0.2, -0.15) is 0 Å². The normalized spacial score (nSPS) is 18.1. The lowest BCUT2D eigenvalue weighted by Crippen LogP contribution is -2.48. The summed E-state index contributed by atoms with van der Waals surface area (Å²) in [7, 11) is 0. The van der Waals surface area contributed by atoms with Crippen LogP contribution in [-0.2, 0) is 33.7 Å². The van der Waals surface area contributed by atoms with E-state index in [9.17, 15) is 14.7 Å². The van der Waals surface area contributed by atoms with Gasteiger partial charge in [-0.05, 0) is 87.4 Å². The molecule has 2 N–H and O–H groups in total. The van der Waals surface area contributed by atoms with Crippen LogP contribution in [0.5, 0.6) is 0 Å². The van der Waals surface area contributed by atoms with Gasteiger partial charge in [0.2, 0.25) is 0 Å². The van der Waals surface area contributed by atoms with Crippen molar-refractivity contribution in [2.24, 2.45) is 0 Å². The number of ether oxygens (including phenoxy) is 2. The number of benzene rings is 1. The first-order valence-corrected chi connectivity index (χ1v) is 14.1. The number of aromatic amines is 1. The van der Waals surface area contributed by atoms with E-state index in [0.717, 1.165) is 45.3 Å². The van der Waals surface area contributed by atoms with Crippen LogP contribution in [0.25, 0.3) is 22.2 Å². The molecule has 5 rings (SSSR count). The molecule has 9 heteroatoms. The average molecular weight is 549 g/mol. The minimum Gasteiger partial charge on any atom is -0.444 e. The number of hydrogen-bond acceptors (Lipinski definition) is 6. The highest BCUT2D eigenvalue weighted by Crippen LogP contribution is 2.37. The van der Waals surface area contributed by atoms with E-state index in [-0.39, 0.29) is 18.0 Å². The summed E-state index contributed by atoms with van der Waals surface area (Å²) >= 11 is 0. The zero-order valence-corrected chi connectivity index (χ0v) is 24.3. The predicted molar refractivity (Wildman–Crippen MR) is 153 cm³/mol. The summed E-state index contributed by atoms with van der Waals surface area (Å²) in [4.78, 5) is 37.8. The monoisotopic (exact) mass is 548 g/mol. The summed E-state index contributed by atoms with van der Waals surface area (Å²) in [5, 5.41) is 11.5. The van der Waals surface area contributed by atoms with Crippen LogP contribution in [0.4, 0.5) is 4.79 Å². The molecule has 1 aromatic carbocycles. The maximum atomic E-state index is 13.3. The zero-order valence-electron chi connectivity index (χ0n) is 24.3. The number of aliphatic hydroxyl groups is 1. The first-order chi connectivity index (χ1) is 18.9. The number of nitrogens with zero attached hydrogens (tertiary/aromatic N) is 3. The lowest BCUT2D eigenvalue weighted by molar-refractivity contribution is -0.148. The van der Waals surface area contributed by atoms with Gasteiger partial charge in [-0.25, -0.2) is 9.78 Å². The van der Waals surface area contributed by atoms with Crippen molar-refractivity contribution in [1.29, 1.82) is 0 Å². The fourth-order valence-corrected chi connectivity index (χ4v) is 5.63. The van der Waals surface area contributed by atoms with Gasteiger partial charge in [-0.3, -0.25) is 9.69 Å². The quantitative estimate of drug-likeness (QED) is 0.487. The fraction of sp³-hybridized carbons (Fsp3) is 0.516. The van der Waals surface area contributed by atoms with Crippen LogP contribution in [0.1, 0.15) is 69.8 Å². The van der Waals surface area contributed by atoms with E-state index in [1.165, 1.54) is 19.4 Å². The standard InChI is InChI=1S/C31H40N4O5/c1-7-19-15-32-27-23(19)14-22(16-33-27)21-12-20-8-9-34(28(36)31(5,6)38)17-25(20)24(13-21)26-18-39-11-10-35(26)29(37)40-30(2,3)4/h12-16,26,38H,7-11,17-18H2,1-6H3,(H,32,33)/t26-/m0/s1. The van der Waals surface area contributed by atoms with Crippen LogP contribution in [-0.4, -0.2) is 74.4 Å². The summed E-state index contributed by atoms with van der Waals surface area (Å²) < 4.78 is 11.7. The first kappa shape index (κ1) is 28.1. The first-order valence-electron chi connectivity index (χ1n) is 14.1. The molecule has 2 amide bonds. The Hall–Kier alpha value is -3.43. The predicted octanol–water partition coefficient (Wildman–Crippen LogP) is 4.76. The maximum Gasteiger partial charge on any atom is 0.410 e. The molecule has 4 heterocycles. The van der Waals surface area contributed by atoms with Gasteiger partial charge in [0.25, 0.3) is 5.91 Å². The molecule has 2 aromatic heterocycles. The second-order valence-electron chi connectivity index (χ2n) is 12.3. The van der Waals surface area contributed by atoms with Crippen molar-refractivity contribution in [2.75, 3.05) is 26.3 Å². The van der Waals surface area contributed by atoms with Crippen LogP contribution < -0.4 is 0 Å². The van der Waals surface area contributed by atoms with E-state index < -0.39 is 11.2 Å². The summed E-state index contributed by atoms with van der Waals surface area (Å²) in [5.41, 5.74) is 4.99. The molecular weight excluding hydrogens is 508 g/mol. The van der Waals surface area contributed by atoms with Crippen molar-refractivity contribution in [3.8, 4) is 11.1 Å². The van der Waals surface area contributed by atoms with E-state index in [1.807, 2.05) is 33.2 Å². The smallest absolute Gasteiger partial charge is 0.410 e. The van der Waals surface area contributed by atoms with Crippen LogP contribution in [0.2, 0.25) is 0 Å². The summed E-state index contributed by atoms with van der Waals surface area (Å²) in [5.74, 6) is -0.314. The highest BCUT2D eigenvalue weighted by Gasteiger charge is 2.37. The lowest BCUT2D eigenvalue weighted by Gasteiger charge is -2.40. The Morgan fingerprint density at radius 2 is 1.93 bits per heavy atom. The number of rotatable bonds is 4. The molecule has 0 bridgehead atoms. The number of aryl methyl sites for hydroxylation is 1. The largest absolute Gasteiger partial charge is 0.444 e. The minimum atomic E-state index is -1.47. The molecule has 40 heavy (non-hydrogen) atoms. The Balaban J connectivity index is 1.62. The molecule has 0 saturated carbocycles. The van der Waals surface area contributed by atoms with Crippen LogP contribution in [0.15, 0.2) is 30.6 Å². The van der Waals surface area contributed by atoms with Gasteiger partial charge in [-0.1, -0.05) is 13.0 Å². The molecule has 9 nitrogen and oxygen atoms in total. The van der Waals surface area contributed by atoms with Crippen molar-refractivity contribution in [3.05, 3.63) is 52.8 Å². The maximum absolute atomic E-state index is 13.3. The lowest BCUT2D eigenvalue weighted by atomic mass is 9.86. The number of pyridine rings is 1. The number of carbonyl (C=O) groups excluding carboxylic acids is 2. The number of hydrogen-bond donors (Lipinski definition) is 2. The third-order valence-corrected chi connectivity index (χ3v) is 7.63. The topological polar surface area (TPSA) is 108 Å². The number of amides is 2. The van der Waals surface area contributed by atoms with Crippen LogP contribution in [0.3, 0.4) is 0 Å². The summed E-state index contributed by atoms with van der Waals surface area (Å²) in [6.07, 6.45) is 5.03. The summed E-state index contributed by atoms with van der Waals surface area (Å²) in [6, 6.07) is 6.06. The molecular formula is C31H40N4O5. The SMILES string of the molecule is CCc1c[nH]c2ncc(-c3cc4c(c([C@@H]5COCCN5C(=O)OC(C)(C)C)c3)CN(C(=O)C(C)(C)O)CC4)cc12. The van der Waals surface area contributed by atoms with Gasteiger partial charge in [0.05, 0.1) is 19.3 Å². The van der Waals surface area contributed by atoms with Crippen molar-refractivity contribution >= 4 is 23.0 Å². The van der Waals surface area contributed by atoms with Crippen molar-refractivity contribution in [3.63, 3.8) is 0 Å². The number of morpholine rings is 1. The van der Waals surface area contributed by atoms with Gasteiger partial charge in [0, 0.05) is 43.0 Å². The Morgan fingerprint density at radius 3 is 2.62 bits per heavy atom. The second kappa shape index (κ2) is 10.5. The van der Waals surface area contributed by atoms with E-state index in [0.29, 0.717) is 39.3 Å². The zero-order chi connectivity index (χ0) is 28.8. The molecule has 0 spiro atoms. The Bertz CT molecular complexity index is 1430. The van der Waals surface area contributed by atoms with Crippen molar-refractivity contribution in [1.82, 2.24) is 19.8 Å². The molecule has 1 atom stereocenters. The van der Waals surface area contributed by atoms with Gasteiger partial charge >= 0.3 is 6.09 Å². The van der Waals surface area contributed by atoms with Gasteiger partial charge in [-0.15, -0.1) is 0 Å². The molecule has 0 unspecified atom stereocenters. The Kier molecular flexibility index (Phi) is 7.39. The number of carbonyl (C=O) groups is 2. The van der Waals surface area contributed by atoms with Crippen molar-refractivity contribution < 1.29 is 24.2 Å². The number of nitrogens with one attached hydrogen (secondary N) is 1. The highest BCUT2D eigenvalue weighted by atomic mass is 16.6. The van der Waals surface area contributed by atoms with Gasteiger partial charge in [0.1, 0.15) is 16.8 Å². The third kappa shape index (κ3) is 5.58. The molecule has 2 aliphatic heterocycles. The van der Waals surface area contributed by atoms with Gasteiger partial charge in [0.15, 0.2) is 0 Å². The molecule has 214 valence electrons. The molecule has 0 radical (unpaired) electrons. The summed E-state index contributed by atoms with van der Waals surface area (Å²) in [6.45, 7) is 12.7. The molecule has 0 aliphatic carbocycles. The van der Waals surface area contributed by atoms with Crippen molar-refractivity contribution in [2.45, 2.75) is 78.2 Å². The minimum absolute atomic E-state index is 0.314. The Labute approximate surface area is 235 Å². The number of aromatic nitrogens is 2. The number of H-pyrrole nitrogens is 1. The third-order valence-electron chi connectivity index (χ3n) is 7.63. The van der Waals surface area contributed by atoms with E-state index in [1.54, 1.807) is 9.80 Å². The van der Waals surface area contributed by atoms with E-state index in [2.05, 4.69) is 35.1 Å². The molecule has 1 saturated heterocycles. The second-order valence-corrected chi connectivity index (χ2v) is 12.3. The Morgan fingerprint density at radius 1 is 1.15 bits per heavy atom. The van der Waals surface area contributed by atoms with Gasteiger partial charge < -0.3 is 24.5 Å². The highest BCUT2D eigenvalue weighted by molar-refractivity contribution is 5.86. The van der Waals surface area contributed by atoms with Crippen LogP contribution >= 0.6 is 0 Å².